The Morgan fingerprint density at radius 3 is 2.83 bits per heavy atom. The number of carbonyl (C=O) groups excluding carboxylic acids is 1. The Labute approximate surface area is 143 Å². The standard InChI is InChI=1S/C18H15N3O2S/c1-23-12-6-4-5-11(9-12)21-16(22)10-13(17(21)19)18-20-14-7-2-3-8-15(14)24-18/h2-9,19-20H,10H2,1H3/b18-13+,19-17?. The van der Waals surface area contributed by atoms with E-state index in [0.29, 0.717) is 11.4 Å². The van der Waals surface area contributed by atoms with Crippen molar-refractivity contribution in [3.05, 3.63) is 59.1 Å². The lowest BCUT2D eigenvalue weighted by Gasteiger charge is -2.16. The number of benzene rings is 2. The number of thioether (sulfide) groups is 1. The molecule has 0 aromatic heterocycles. The Balaban J connectivity index is 1.69. The van der Waals surface area contributed by atoms with Crippen molar-refractivity contribution in [2.24, 2.45) is 0 Å². The molecular weight excluding hydrogens is 322 g/mol. The first kappa shape index (κ1) is 14.8. The maximum Gasteiger partial charge on any atom is 0.237 e. The summed E-state index contributed by atoms with van der Waals surface area (Å²) in [5, 5.41) is 12.7. The highest BCUT2D eigenvalue weighted by atomic mass is 32.2. The van der Waals surface area contributed by atoms with Crippen LogP contribution in [-0.2, 0) is 4.79 Å². The number of para-hydroxylation sites is 1. The van der Waals surface area contributed by atoms with Crippen LogP contribution in [0.2, 0.25) is 0 Å². The Morgan fingerprint density at radius 2 is 2.04 bits per heavy atom. The van der Waals surface area contributed by atoms with Gasteiger partial charge >= 0.3 is 0 Å². The predicted octanol–water partition coefficient (Wildman–Crippen LogP) is 3.84. The Morgan fingerprint density at radius 1 is 1.21 bits per heavy atom. The van der Waals surface area contributed by atoms with E-state index in [4.69, 9.17) is 10.1 Å². The molecule has 2 aromatic rings. The Bertz CT molecular complexity index is 864. The summed E-state index contributed by atoms with van der Waals surface area (Å²) in [6.07, 6.45) is 0.222. The topological polar surface area (TPSA) is 65.4 Å². The molecule has 6 heteroatoms. The predicted molar refractivity (Wildman–Crippen MR) is 95.8 cm³/mol. The van der Waals surface area contributed by atoms with Crippen LogP contribution < -0.4 is 15.0 Å². The van der Waals surface area contributed by atoms with Gasteiger partial charge in [0, 0.05) is 16.5 Å². The van der Waals surface area contributed by atoms with Crippen LogP contribution in [-0.4, -0.2) is 18.9 Å². The molecule has 1 saturated heterocycles. The number of fused-ring (bicyclic) bond motifs is 1. The van der Waals surface area contributed by atoms with E-state index in [1.165, 1.54) is 4.90 Å². The Hall–Kier alpha value is -2.73. The number of hydrogen-bond donors (Lipinski definition) is 2. The van der Waals surface area contributed by atoms with Crippen LogP contribution in [0.1, 0.15) is 6.42 Å². The molecule has 0 unspecified atom stereocenters. The SMILES string of the molecule is COc1cccc(N2C(=N)/C(=C3\Nc4ccccc4S3)CC2=O)c1. The molecule has 24 heavy (non-hydrogen) atoms. The van der Waals surface area contributed by atoms with Crippen LogP contribution >= 0.6 is 11.8 Å². The second kappa shape index (κ2) is 5.72. The summed E-state index contributed by atoms with van der Waals surface area (Å²) < 4.78 is 5.22. The van der Waals surface area contributed by atoms with Crippen LogP contribution in [0, 0.1) is 5.41 Å². The molecule has 1 fully saturated rings. The number of ether oxygens (including phenoxy) is 1. The summed E-state index contributed by atoms with van der Waals surface area (Å²) in [7, 11) is 1.58. The fraction of sp³-hybridized carbons (Fsp3) is 0.111. The molecule has 2 aliphatic rings. The van der Waals surface area contributed by atoms with Crippen LogP contribution in [0.3, 0.4) is 0 Å². The van der Waals surface area contributed by atoms with Crippen molar-refractivity contribution in [3.63, 3.8) is 0 Å². The van der Waals surface area contributed by atoms with Gasteiger partial charge in [0.05, 0.1) is 29.9 Å². The highest BCUT2D eigenvalue weighted by Crippen LogP contribution is 2.44. The van der Waals surface area contributed by atoms with Crippen LogP contribution in [0.5, 0.6) is 5.75 Å². The lowest BCUT2D eigenvalue weighted by Crippen LogP contribution is -2.28. The maximum absolute atomic E-state index is 12.5. The van der Waals surface area contributed by atoms with Gasteiger partial charge < -0.3 is 10.1 Å². The average Bonchev–Trinajstić information content (AvgIpc) is 3.15. The van der Waals surface area contributed by atoms with Gasteiger partial charge in [0.15, 0.2) is 0 Å². The van der Waals surface area contributed by atoms with Gasteiger partial charge in [-0.3, -0.25) is 15.1 Å². The van der Waals surface area contributed by atoms with Gasteiger partial charge in [-0.05, 0) is 24.3 Å². The first-order valence-electron chi connectivity index (χ1n) is 7.50. The van der Waals surface area contributed by atoms with Gasteiger partial charge in [-0.2, -0.15) is 0 Å². The molecule has 0 spiro atoms. The quantitative estimate of drug-likeness (QED) is 0.874. The van der Waals surface area contributed by atoms with Crippen molar-refractivity contribution in [2.75, 3.05) is 17.3 Å². The van der Waals surface area contributed by atoms with Crippen molar-refractivity contribution in [1.29, 1.82) is 5.41 Å². The fourth-order valence-electron chi connectivity index (χ4n) is 2.84. The summed E-state index contributed by atoms with van der Waals surface area (Å²) in [5.74, 6) is 0.778. The van der Waals surface area contributed by atoms with Crippen molar-refractivity contribution < 1.29 is 9.53 Å². The number of nitrogens with zero attached hydrogens (tertiary/aromatic N) is 1. The number of hydrogen-bond acceptors (Lipinski definition) is 5. The summed E-state index contributed by atoms with van der Waals surface area (Å²) in [4.78, 5) is 15.0. The molecule has 0 radical (unpaired) electrons. The summed E-state index contributed by atoms with van der Waals surface area (Å²) >= 11 is 1.57. The van der Waals surface area contributed by atoms with Gasteiger partial charge in [-0.15, -0.1) is 0 Å². The van der Waals surface area contributed by atoms with Gasteiger partial charge in [0.2, 0.25) is 5.91 Å². The van der Waals surface area contributed by atoms with Gasteiger partial charge in [-0.1, -0.05) is 30.0 Å². The first-order valence-corrected chi connectivity index (χ1v) is 8.32. The van der Waals surface area contributed by atoms with Crippen molar-refractivity contribution >= 4 is 34.9 Å². The first-order chi connectivity index (χ1) is 11.7. The maximum atomic E-state index is 12.5. The molecule has 2 aliphatic heterocycles. The zero-order chi connectivity index (χ0) is 16.7. The lowest BCUT2D eigenvalue weighted by atomic mass is 10.2. The van der Waals surface area contributed by atoms with E-state index in [1.807, 2.05) is 42.5 Å². The monoisotopic (exact) mass is 337 g/mol. The lowest BCUT2D eigenvalue weighted by molar-refractivity contribution is -0.116. The smallest absolute Gasteiger partial charge is 0.237 e. The molecule has 0 aliphatic carbocycles. The molecule has 1 amide bonds. The number of rotatable bonds is 2. The van der Waals surface area contributed by atoms with E-state index in [-0.39, 0.29) is 18.2 Å². The highest BCUT2D eigenvalue weighted by molar-refractivity contribution is 8.03. The summed E-state index contributed by atoms with van der Waals surface area (Å²) in [6, 6.07) is 15.2. The molecule has 2 N–H and O–H groups in total. The molecular formula is C18H15N3O2S. The van der Waals surface area contributed by atoms with E-state index in [0.717, 1.165) is 21.2 Å². The molecule has 2 heterocycles. The van der Waals surface area contributed by atoms with Crippen LogP contribution in [0.15, 0.2) is 64.0 Å². The van der Waals surface area contributed by atoms with E-state index in [1.54, 1.807) is 24.9 Å². The Kier molecular flexibility index (Phi) is 3.54. The van der Waals surface area contributed by atoms with Crippen LogP contribution in [0.25, 0.3) is 0 Å². The second-order valence-electron chi connectivity index (χ2n) is 5.49. The molecule has 2 aromatic carbocycles. The third-order valence-corrected chi connectivity index (χ3v) is 5.15. The second-order valence-corrected chi connectivity index (χ2v) is 6.54. The van der Waals surface area contributed by atoms with Crippen molar-refractivity contribution in [1.82, 2.24) is 0 Å². The number of nitrogens with one attached hydrogen (secondary N) is 2. The van der Waals surface area contributed by atoms with E-state index < -0.39 is 0 Å². The normalized spacial score (nSPS) is 19.5. The highest BCUT2D eigenvalue weighted by Gasteiger charge is 2.36. The zero-order valence-electron chi connectivity index (χ0n) is 13.0. The number of amidine groups is 1. The minimum Gasteiger partial charge on any atom is -0.497 e. The third kappa shape index (κ3) is 2.35. The molecule has 120 valence electrons. The minimum atomic E-state index is -0.103. The largest absolute Gasteiger partial charge is 0.497 e. The van der Waals surface area contributed by atoms with Crippen molar-refractivity contribution in [2.45, 2.75) is 11.3 Å². The van der Waals surface area contributed by atoms with E-state index in [2.05, 4.69) is 5.32 Å². The average molecular weight is 337 g/mol. The zero-order valence-corrected chi connectivity index (χ0v) is 13.8. The molecule has 0 saturated carbocycles. The van der Waals surface area contributed by atoms with E-state index in [9.17, 15) is 4.79 Å². The number of anilines is 2. The number of carbonyl (C=O) groups is 1. The van der Waals surface area contributed by atoms with Crippen LogP contribution in [0.4, 0.5) is 11.4 Å². The summed E-state index contributed by atoms with van der Waals surface area (Å²) in [6.45, 7) is 0. The number of methoxy groups -OCH3 is 1. The molecule has 4 rings (SSSR count). The summed E-state index contributed by atoms with van der Waals surface area (Å²) in [5.41, 5.74) is 2.40. The van der Waals surface area contributed by atoms with Gasteiger partial charge in [0.1, 0.15) is 11.6 Å². The molecule has 5 nitrogen and oxygen atoms in total. The van der Waals surface area contributed by atoms with E-state index >= 15 is 0 Å². The molecule has 0 bridgehead atoms. The van der Waals surface area contributed by atoms with Gasteiger partial charge in [0.25, 0.3) is 0 Å². The molecule has 0 atom stereocenters. The fourth-order valence-corrected chi connectivity index (χ4v) is 3.89. The van der Waals surface area contributed by atoms with Gasteiger partial charge in [-0.25, -0.2) is 0 Å². The van der Waals surface area contributed by atoms with Crippen molar-refractivity contribution in [3.8, 4) is 5.75 Å². The minimum absolute atomic E-state index is 0.103. The number of amides is 1. The third-order valence-electron chi connectivity index (χ3n) is 4.02.